The van der Waals surface area contributed by atoms with E-state index in [4.69, 9.17) is 14.5 Å². The first kappa shape index (κ1) is 25.6. The molecule has 2 aromatic heterocycles. The molecule has 0 aliphatic carbocycles. The number of para-hydroxylation sites is 1. The van der Waals surface area contributed by atoms with E-state index in [9.17, 15) is 13.2 Å². The van der Waals surface area contributed by atoms with Gasteiger partial charge in [0.1, 0.15) is 17.0 Å². The van der Waals surface area contributed by atoms with Gasteiger partial charge in [-0.1, -0.05) is 23.5 Å². The fraction of sp³-hybridized carbons (Fsp3) is 0.269. The maximum atomic E-state index is 13.4. The highest BCUT2D eigenvalue weighted by atomic mass is 32.2. The maximum Gasteiger partial charge on any atom is 0.229 e. The second-order valence-corrected chi connectivity index (χ2v) is 11.0. The van der Waals surface area contributed by atoms with Crippen LogP contribution < -0.4 is 14.4 Å². The first-order valence-electron chi connectivity index (χ1n) is 11.5. The van der Waals surface area contributed by atoms with Gasteiger partial charge in [0, 0.05) is 12.6 Å². The van der Waals surface area contributed by atoms with Gasteiger partial charge in [-0.15, -0.1) is 0 Å². The van der Waals surface area contributed by atoms with Gasteiger partial charge < -0.3 is 9.47 Å². The van der Waals surface area contributed by atoms with Crippen LogP contribution in [0.2, 0.25) is 0 Å². The highest BCUT2D eigenvalue weighted by Gasteiger charge is 2.23. The third-order valence-corrected chi connectivity index (χ3v) is 8.33. The van der Waals surface area contributed by atoms with E-state index in [-0.39, 0.29) is 35.9 Å². The molecule has 0 atom stereocenters. The van der Waals surface area contributed by atoms with Gasteiger partial charge in [-0.3, -0.25) is 14.7 Å². The number of thiazole rings is 1. The van der Waals surface area contributed by atoms with E-state index in [0.717, 1.165) is 4.70 Å². The SMILES string of the molecule is CCOc1cccc2sc(N(Cc3ccccn3)C(=O)CCCS(=O)(=O)c3ccc(OC)cc3)nc12. The number of carbonyl (C=O) groups excluding carboxylic acids is 1. The molecule has 0 radical (unpaired) electrons. The van der Waals surface area contributed by atoms with Gasteiger partial charge in [0.25, 0.3) is 0 Å². The zero-order chi connectivity index (χ0) is 25.5. The van der Waals surface area contributed by atoms with Crippen molar-refractivity contribution in [2.24, 2.45) is 0 Å². The molecule has 188 valence electrons. The van der Waals surface area contributed by atoms with Gasteiger partial charge in [0.05, 0.1) is 41.3 Å². The monoisotopic (exact) mass is 525 g/mol. The summed E-state index contributed by atoms with van der Waals surface area (Å²) in [6.45, 7) is 2.64. The summed E-state index contributed by atoms with van der Waals surface area (Å²) < 4.78 is 37.2. The Morgan fingerprint density at radius 1 is 1.06 bits per heavy atom. The molecule has 2 heterocycles. The molecule has 0 aliphatic heterocycles. The maximum absolute atomic E-state index is 13.4. The number of sulfone groups is 1. The fourth-order valence-electron chi connectivity index (χ4n) is 3.66. The van der Waals surface area contributed by atoms with Crippen LogP contribution in [-0.4, -0.2) is 43.8 Å². The van der Waals surface area contributed by atoms with Crippen LogP contribution in [0.25, 0.3) is 10.2 Å². The number of hydrogen-bond donors (Lipinski definition) is 0. The van der Waals surface area contributed by atoms with Crippen molar-refractivity contribution >= 4 is 42.4 Å². The number of rotatable bonds is 11. The van der Waals surface area contributed by atoms with Gasteiger partial charge in [-0.2, -0.15) is 0 Å². The van der Waals surface area contributed by atoms with Crippen LogP contribution in [0.15, 0.2) is 71.8 Å². The minimum absolute atomic E-state index is 0.0520. The van der Waals surface area contributed by atoms with Gasteiger partial charge in [0.2, 0.25) is 5.91 Å². The summed E-state index contributed by atoms with van der Waals surface area (Å²) in [5, 5.41) is 0.519. The predicted molar refractivity (Wildman–Crippen MR) is 140 cm³/mol. The molecule has 0 saturated heterocycles. The number of anilines is 1. The van der Waals surface area contributed by atoms with Crippen molar-refractivity contribution < 1.29 is 22.7 Å². The van der Waals surface area contributed by atoms with Gasteiger partial charge in [-0.05, 0) is 61.9 Å². The lowest BCUT2D eigenvalue weighted by molar-refractivity contribution is -0.118. The van der Waals surface area contributed by atoms with Crippen LogP contribution in [-0.2, 0) is 21.2 Å². The summed E-state index contributed by atoms with van der Waals surface area (Å²) >= 11 is 1.39. The first-order chi connectivity index (χ1) is 17.4. The third kappa shape index (κ3) is 6.00. The lowest BCUT2D eigenvalue weighted by Crippen LogP contribution is -2.30. The van der Waals surface area contributed by atoms with Gasteiger partial charge in [0.15, 0.2) is 15.0 Å². The van der Waals surface area contributed by atoms with Crippen molar-refractivity contribution in [2.75, 3.05) is 24.4 Å². The molecule has 4 rings (SSSR count). The van der Waals surface area contributed by atoms with Crippen molar-refractivity contribution in [1.82, 2.24) is 9.97 Å². The summed E-state index contributed by atoms with van der Waals surface area (Å²) in [6.07, 6.45) is 1.91. The Morgan fingerprint density at radius 3 is 2.56 bits per heavy atom. The summed E-state index contributed by atoms with van der Waals surface area (Å²) in [6, 6.07) is 17.4. The van der Waals surface area contributed by atoms with E-state index in [0.29, 0.717) is 34.4 Å². The lowest BCUT2D eigenvalue weighted by atomic mass is 10.2. The van der Waals surface area contributed by atoms with Gasteiger partial charge >= 0.3 is 0 Å². The Bertz CT molecular complexity index is 1420. The van der Waals surface area contributed by atoms with Crippen molar-refractivity contribution in [2.45, 2.75) is 31.2 Å². The van der Waals surface area contributed by atoms with E-state index in [1.807, 2.05) is 43.3 Å². The Balaban J connectivity index is 1.53. The summed E-state index contributed by atoms with van der Waals surface area (Å²) in [5.74, 6) is 0.880. The molecule has 0 bridgehead atoms. The molecule has 10 heteroatoms. The molecule has 2 aromatic carbocycles. The molecular weight excluding hydrogens is 498 g/mol. The molecule has 0 aliphatic rings. The van der Waals surface area contributed by atoms with Crippen LogP contribution in [0, 0.1) is 0 Å². The number of nitrogens with zero attached hydrogens (tertiary/aromatic N) is 3. The molecule has 8 nitrogen and oxygen atoms in total. The topological polar surface area (TPSA) is 98.7 Å². The second-order valence-electron chi connectivity index (χ2n) is 7.93. The highest BCUT2D eigenvalue weighted by molar-refractivity contribution is 7.91. The van der Waals surface area contributed by atoms with E-state index in [2.05, 4.69) is 4.98 Å². The molecule has 0 spiro atoms. The smallest absolute Gasteiger partial charge is 0.229 e. The predicted octanol–water partition coefficient (Wildman–Crippen LogP) is 4.89. The number of methoxy groups -OCH3 is 1. The Hall–Kier alpha value is -3.50. The zero-order valence-electron chi connectivity index (χ0n) is 20.1. The Morgan fingerprint density at radius 2 is 1.86 bits per heavy atom. The summed E-state index contributed by atoms with van der Waals surface area (Å²) in [7, 11) is -2.01. The van der Waals surface area contributed by atoms with Crippen molar-refractivity contribution in [3.05, 3.63) is 72.6 Å². The van der Waals surface area contributed by atoms with Crippen LogP contribution in [0.3, 0.4) is 0 Å². The van der Waals surface area contributed by atoms with Crippen molar-refractivity contribution in [3.63, 3.8) is 0 Å². The number of aromatic nitrogens is 2. The first-order valence-corrected chi connectivity index (χ1v) is 14.0. The van der Waals surface area contributed by atoms with E-state index < -0.39 is 9.84 Å². The van der Waals surface area contributed by atoms with Crippen LogP contribution in [0.1, 0.15) is 25.5 Å². The number of fused-ring (bicyclic) bond motifs is 1. The lowest BCUT2D eigenvalue weighted by Gasteiger charge is -2.19. The van der Waals surface area contributed by atoms with E-state index >= 15 is 0 Å². The average Bonchev–Trinajstić information content (AvgIpc) is 3.33. The normalized spacial score (nSPS) is 11.4. The fourth-order valence-corrected chi connectivity index (χ4v) is 5.97. The van der Waals surface area contributed by atoms with Crippen LogP contribution in [0.5, 0.6) is 11.5 Å². The molecule has 0 saturated carbocycles. The van der Waals surface area contributed by atoms with Crippen LogP contribution in [0.4, 0.5) is 5.13 Å². The van der Waals surface area contributed by atoms with Crippen molar-refractivity contribution in [1.29, 1.82) is 0 Å². The van der Waals surface area contributed by atoms with Gasteiger partial charge in [-0.25, -0.2) is 13.4 Å². The Kier molecular flexibility index (Phi) is 8.17. The molecule has 1 amide bonds. The number of pyridine rings is 1. The number of hydrogen-bond acceptors (Lipinski definition) is 8. The number of benzene rings is 2. The number of carbonyl (C=O) groups is 1. The minimum atomic E-state index is -3.53. The third-order valence-electron chi connectivity index (χ3n) is 5.47. The second kappa shape index (κ2) is 11.5. The van der Waals surface area contributed by atoms with E-state index in [1.54, 1.807) is 23.2 Å². The van der Waals surface area contributed by atoms with E-state index in [1.165, 1.54) is 30.6 Å². The largest absolute Gasteiger partial charge is 0.497 e. The molecule has 0 unspecified atom stereocenters. The molecular formula is C26H27N3O5S2. The number of amides is 1. The standard InChI is InChI=1S/C26H27N3O5S2/c1-3-34-22-9-6-10-23-25(22)28-26(35-23)29(18-19-8-4-5-16-27-19)24(30)11-7-17-36(31,32)21-14-12-20(33-2)13-15-21/h4-6,8-10,12-16H,3,7,11,17-18H2,1-2H3. The summed E-state index contributed by atoms with van der Waals surface area (Å²) in [5.41, 5.74) is 1.40. The Labute approximate surface area is 214 Å². The van der Waals surface area contributed by atoms with Crippen LogP contribution >= 0.6 is 11.3 Å². The average molecular weight is 526 g/mol. The highest BCUT2D eigenvalue weighted by Crippen LogP contribution is 2.35. The molecule has 0 N–H and O–H groups in total. The number of ether oxygens (including phenoxy) is 2. The quantitative estimate of drug-likeness (QED) is 0.275. The zero-order valence-corrected chi connectivity index (χ0v) is 21.7. The minimum Gasteiger partial charge on any atom is -0.497 e. The van der Waals surface area contributed by atoms with Crippen molar-refractivity contribution in [3.8, 4) is 11.5 Å². The molecule has 36 heavy (non-hydrogen) atoms. The molecule has 4 aromatic rings. The summed E-state index contributed by atoms with van der Waals surface area (Å²) in [4.78, 5) is 24.2. The molecule has 0 fully saturated rings.